The molecule has 3 rings (SSSR count). The maximum Gasteiger partial charge on any atom is 0.412 e. The number of hydrogen-bond acceptors (Lipinski definition) is 5. The number of hydrogen-bond donors (Lipinski definition) is 1. The van der Waals surface area contributed by atoms with Crippen LogP contribution < -0.4 is 19.5 Å². The summed E-state index contributed by atoms with van der Waals surface area (Å²) in [5.41, 5.74) is 5.73. The van der Waals surface area contributed by atoms with E-state index in [1.54, 1.807) is 7.11 Å². The molecule has 0 aliphatic heterocycles. The summed E-state index contributed by atoms with van der Waals surface area (Å²) < 4.78 is 16.8. The van der Waals surface area contributed by atoms with Crippen molar-refractivity contribution < 1.29 is 19.0 Å². The van der Waals surface area contributed by atoms with E-state index in [1.807, 2.05) is 55.5 Å². The van der Waals surface area contributed by atoms with Crippen molar-refractivity contribution in [1.29, 1.82) is 0 Å². The molecule has 0 saturated carbocycles. The van der Waals surface area contributed by atoms with Gasteiger partial charge in [-0.15, -0.1) is 0 Å². The summed E-state index contributed by atoms with van der Waals surface area (Å²) >= 11 is 0. The lowest BCUT2D eigenvalue weighted by Gasteiger charge is -2.18. The lowest BCUT2D eigenvalue weighted by atomic mass is 9.90. The zero-order valence-electron chi connectivity index (χ0n) is 24.0. The Bertz CT molecular complexity index is 1180. The zero-order valence-corrected chi connectivity index (χ0v) is 24.0. The molecule has 0 aromatic heterocycles. The first kappa shape index (κ1) is 29.8. The number of carbonyl (C=O) groups excluding carboxylic acids is 1. The Hall–Kier alpha value is -3.77. The lowest BCUT2D eigenvalue weighted by molar-refractivity contribution is 0.200. The van der Waals surface area contributed by atoms with Gasteiger partial charge in [0.25, 0.3) is 0 Å². The van der Waals surface area contributed by atoms with Crippen LogP contribution in [0.4, 0.5) is 4.79 Å². The number of likely N-dealkylation sites (N-methyl/N-ethyl adjacent to an activating group) is 1. The molecule has 0 aliphatic rings. The van der Waals surface area contributed by atoms with Gasteiger partial charge in [-0.3, -0.25) is 0 Å². The van der Waals surface area contributed by atoms with Gasteiger partial charge in [0, 0.05) is 13.1 Å². The summed E-state index contributed by atoms with van der Waals surface area (Å²) in [6.45, 7) is 12.7. The molecular weight excluding hydrogens is 488 g/mol. The Kier molecular flexibility index (Phi) is 11.9. The average molecular weight is 531 g/mol. The number of nitrogens with zero attached hydrogens (tertiary/aromatic N) is 1. The predicted molar refractivity (Wildman–Crippen MR) is 159 cm³/mol. The molecule has 0 radical (unpaired) electrons. The Labute approximate surface area is 233 Å². The van der Waals surface area contributed by atoms with Crippen LogP contribution in [0.3, 0.4) is 0 Å². The number of ether oxygens (including phenoxy) is 3. The first-order chi connectivity index (χ1) is 19.0. The molecule has 0 atom stereocenters. The van der Waals surface area contributed by atoms with E-state index in [2.05, 4.69) is 55.3 Å². The SMILES string of the molecule is CCCNC(=O)Oc1ccc(/C(=C(/C)Cc2ccc(OC)cc2)c2ccc(OCCN(CC)CC)cc2)cc1. The number of amides is 1. The highest BCUT2D eigenvalue weighted by Gasteiger charge is 2.12. The van der Waals surface area contributed by atoms with Crippen molar-refractivity contribution in [2.75, 3.05) is 39.9 Å². The summed E-state index contributed by atoms with van der Waals surface area (Å²) in [6.07, 6.45) is 1.21. The molecule has 3 aromatic rings. The van der Waals surface area contributed by atoms with Crippen molar-refractivity contribution in [3.63, 3.8) is 0 Å². The van der Waals surface area contributed by atoms with E-state index in [0.717, 1.165) is 60.7 Å². The van der Waals surface area contributed by atoms with E-state index in [4.69, 9.17) is 14.2 Å². The molecule has 0 bridgehead atoms. The van der Waals surface area contributed by atoms with Crippen LogP contribution >= 0.6 is 0 Å². The topological polar surface area (TPSA) is 60.0 Å². The Balaban J connectivity index is 1.85. The molecule has 6 heteroatoms. The van der Waals surface area contributed by atoms with E-state index in [0.29, 0.717) is 18.9 Å². The molecule has 0 heterocycles. The monoisotopic (exact) mass is 530 g/mol. The average Bonchev–Trinajstić information content (AvgIpc) is 2.96. The lowest BCUT2D eigenvalue weighted by Crippen LogP contribution is -2.27. The Morgan fingerprint density at radius 2 is 1.36 bits per heavy atom. The number of rotatable bonds is 14. The second-order valence-electron chi connectivity index (χ2n) is 9.42. The summed E-state index contributed by atoms with van der Waals surface area (Å²) in [5, 5.41) is 2.74. The number of nitrogens with one attached hydrogen (secondary N) is 1. The van der Waals surface area contributed by atoms with Crippen molar-refractivity contribution in [3.8, 4) is 17.2 Å². The molecule has 3 aromatic carbocycles. The highest BCUT2D eigenvalue weighted by molar-refractivity contribution is 5.82. The molecular formula is C33H42N2O4. The van der Waals surface area contributed by atoms with E-state index in [1.165, 1.54) is 11.1 Å². The molecule has 1 amide bonds. The summed E-state index contributed by atoms with van der Waals surface area (Å²) in [7, 11) is 1.68. The summed E-state index contributed by atoms with van der Waals surface area (Å²) in [5.74, 6) is 2.21. The Morgan fingerprint density at radius 3 is 1.90 bits per heavy atom. The number of methoxy groups -OCH3 is 1. The van der Waals surface area contributed by atoms with E-state index in [9.17, 15) is 4.79 Å². The number of carbonyl (C=O) groups is 1. The van der Waals surface area contributed by atoms with Gasteiger partial charge in [-0.25, -0.2) is 4.79 Å². The van der Waals surface area contributed by atoms with Gasteiger partial charge in [-0.1, -0.05) is 62.7 Å². The van der Waals surface area contributed by atoms with E-state index >= 15 is 0 Å². The maximum atomic E-state index is 12.0. The molecule has 0 saturated heterocycles. The molecule has 0 unspecified atom stereocenters. The van der Waals surface area contributed by atoms with Crippen molar-refractivity contribution in [2.45, 2.75) is 40.5 Å². The van der Waals surface area contributed by atoms with Crippen molar-refractivity contribution >= 4 is 11.7 Å². The van der Waals surface area contributed by atoms with Gasteiger partial charge >= 0.3 is 6.09 Å². The van der Waals surface area contributed by atoms with Gasteiger partial charge in [-0.2, -0.15) is 0 Å². The van der Waals surface area contributed by atoms with Gasteiger partial charge in [0.1, 0.15) is 23.9 Å². The van der Waals surface area contributed by atoms with Gasteiger partial charge in [0.15, 0.2) is 0 Å². The van der Waals surface area contributed by atoms with Crippen LogP contribution in [0.1, 0.15) is 50.8 Å². The predicted octanol–water partition coefficient (Wildman–Crippen LogP) is 6.98. The van der Waals surface area contributed by atoms with Crippen LogP contribution in [-0.4, -0.2) is 50.9 Å². The third-order valence-electron chi connectivity index (χ3n) is 6.64. The first-order valence-electron chi connectivity index (χ1n) is 13.8. The van der Waals surface area contributed by atoms with Crippen molar-refractivity contribution in [3.05, 3.63) is 95.1 Å². The quantitative estimate of drug-likeness (QED) is 0.244. The molecule has 208 valence electrons. The fourth-order valence-corrected chi connectivity index (χ4v) is 4.41. The number of benzene rings is 3. The van der Waals surface area contributed by atoms with Crippen molar-refractivity contribution in [2.24, 2.45) is 0 Å². The fraction of sp³-hybridized carbons (Fsp3) is 0.364. The van der Waals surface area contributed by atoms with Gasteiger partial charge < -0.3 is 24.4 Å². The van der Waals surface area contributed by atoms with E-state index < -0.39 is 6.09 Å². The zero-order chi connectivity index (χ0) is 28.0. The Morgan fingerprint density at radius 1 is 0.795 bits per heavy atom. The number of allylic oxidation sites excluding steroid dienone is 1. The first-order valence-corrected chi connectivity index (χ1v) is 13.8. The van der Waals surface area contributed by atoms with Crippen LogP contribution in [0.5, 0.6) is 17.2 Å². The molecule has 1 N–H and O–H groups in total. The van der Waals surface area contributed by atoms with Crippen LogP contribution in [-0.2, 0) is 6.42 Å². The van der Waals surface area contributed by atoms with Gasteiger partial charge in [0.05, 0.1) is 7.11 Å². The third-order valence-corrected chi connectivity index (χ3v) is 6.64. The third kappa shape index (κ3) is 9.18. The fourth-order valence-electron chi connectivity index (χ4n) is 4.41. The molecule has 0 fully saturated rings. The maximum absolute atomic E-state index is 12.0. The minimum absolute atomic E-state index is 0.437. The molecule has 39 heavy (non-hydrogen) atoms. The highest BCUT2D eigenvalue weighted by atomic mass is 16.6. The highest BCUT2D eigenvalue weighted by Crippen LogP contribution is 2.31. The van der Waals surface area contributed by atoms with Crippen LogP contribution in [0.25, 0.3) is 5.57 Å². The second-order valence-corrected chi connectivity index (χ2v) is 9.42. The minimum Gasteiger partial charge on any atom is -0.497 e. The van der Waals surface area contributed by atoms with Crippen molar-refractivity contribution in [1.82, 2.24) is 10.2 Å². The van der Waals surface area contributed by atoms with Crippen LogP contribution in [0.15, 0.2) is 78.4 Å². The normalized spacial score (nSPS) is 11.6. The van der Waals surface area contributed by atoms with Gasteiger partial charge in [-0.05, 0) is 91.5 Å². The van der Waals surface area contributed by atoms with Gasteiger partial charge in [0.2, 0.25) is 0 Å². The standard InChI is InChI=1S/C33H42N2O4/c1-6-21-34-33(36)39-31-19-13-28(14-20-31)32(25(4)24-26-9-15-29(37-5)16-10-26)27-11-17-30(18-12-27)38-23-22-35(7-2)8-3/h9-20H,6-8,21-24H2,1-5H3,(H,34,36)/b32-25-. The van der Waals surface area contributed by atoms with Crippen LogP contribution in [0, 0.1) is 0 Å². The van der Waals surface area contributed by atoms with Crippen LogP contribution in [0.2, 0.25) is 0 Å². The summed E-state index contributed by atoms with van der Waals surface area (Å²) in [6, 6.07) is 24.2. The molecule has 6 nitrogen and oxygen atoms in total. The summed E-state index contributed by atoms with van der Waals surface area (Å²) in [4.78, 5) is 14.3. The molecule has 0 spiro atoms. The largest absolute Gasteiger partial charge is 0.497 e. The smallest absolute Gasteiger partial charge is 0.412 e. The molecule has 0 aliphatic carbocycles. The second kappa shape index (κ2) is 15.6. The minimum atomic E-state index is -0.437. The van der Waals surface area contributed by atoms with E-state index in [-0.39, 0.29) is 0 Å².